The van der Waals surface area contributed by atoms with Gasteiger partial charge in [-0.1, -0.05) is 23.7 Å². The second kappa shape index (κ2) is 9.94. The van der Waals surface area contributed by atoms with Gasteiger partial charge in [0.1, 0.15) is 5.75 Å². The molecule has 2 aromatic rings. The molecule has 0 aliphatic heterocycles. The number of nitrogens with zero attached hydrogens (tertiary/aromatic N) is 1. The molecule has 0 fully saturated rings. The number of ether oxygens (including phenoxy) is 1. The molecule has 1 atom stereocenters. The van der Waals surface area contributed by atoms with Gasteiger partial charge in [0.25, 0.3) is 5.91 Å². The van der Waals surface area contributed by atoms with Crippen LogP contribution < -0.4 is 20.9 Å². The van der Waals surface area contributed by atoms with Gasteiger partial charge in [-0.05, 0) is 48.9 Å². The van der Waals surface area contributed by atoms with Gasteiger partial charge in [-0.25, -0.2) is 0 Å². The Bertz CT molecular complexity index is 892. The lowest BCUT2D eigenvalue weighted by atomic mass is 10.2. The molecule has 0 heterocycles. The SMILES string of the molecule is CC(Oc1ccc(C#N)cc1)C(=O)NNC(=O)C(=O)NCc1ccc(Cl)cc1. The Balaban J connectivity index is 1.75. The van der Waals surface area contributed by atoms with Gasteiger partial charge >= 0.3 is 11.8 Å². The third-order valence-corrected chi connectivity index (χ3v) is 3.79. The number of rotatable bonds is 5. The lowest BCUT2D eigenvalue weighted by Gasteiger charge is -2.15. The van der Waals surface area contributed by atoms with Crippen molar-refractivity contribution in [2.24, 2.45) is 0 Å². The smallest absolute Gasteiger partial charge is 0.327 e. The molecule has 9 heteroatoms. The quantitative estimate of drug-likeness (QED) is 0.518. The molecular weight excluding hydrogens is 384 g/mol. The van der Waals surface area contributed by atoms with E-state index in [1.807, 2.05) is 11.5 Å². The summed E-state index contributed by atoms with van der Waals surface area (Å²) in [6.45, 7) is 1.61. The number of carbonyl (C=O) groups excluding carboxylic acids is 3. The molecular formula is C19H17ClN4O4. The van der Waals surface area contributed by atoms with Crippen molar-refractivity contribution in [2.45, 2.75) is 19.6 Å². The number of amides is 3. The summed E-state index contributed by atoms with van der Waals surface area (Å²) in [5.74, 6) is -2.19. The highest BCUT2D eigenvalue weighted by atomic mass is 35.5. The molecule has 8 nitrogen and oxygen atoms in total. The van der Waals surface area contributed by atoms with Crippen LogP contribution in [-0.4, -0.2) is 23.8 Å². The minimum Gasteiger partial charge on any atom is -0.481 e. The second-order valence-corrected chi connectivity index (χ2v) is 6.09. The van der Waals surface area contributed by atoms with Crippen molar-refractivity contribution in [1.29, 1.82) is 5.26 Å². The topological polar surface area (TPSA) is 120 Å². The van der Waals surface area contributed by atoms with Crippen LogP contribution in [0.5, 0.6) is 5.75 Å². The number of nitrogens with one attached hydrogen (secondary N) is 3. The molecule has 0 aliphatic carbocycles. The van der Waals surface area contributed by atoms with E-state index in [9.17, 15) is 14.4 Å². The average molecular weight is 401 g/mol. The molecule has 0 bridgehead atoms. The van der Waals surface area contributed by atoms with Crippen LogP contribution in [0.1, 0.15) is 18.1 Å². The third-order valence-electron chi connectivity index (χ3n) is 3.54. The van der Waals surface area contributed by atoms with Crippen LogP contribution in [0.4, 0.5) is 0 Å². The number of hydrogen-bond acceptors (Lipinski definition) is 5. The molecule has 0 aromatic heterocycles. The summed E-state index contributed by atoms with van der Waals surface area (Å²) in [5.41, 5.74) is 5.36. The van der Waals surface area contributed by atoms with Crippen molar-refractivity contribution in [3.05, 3.63) is 64.7 Å². The highest BCUT2D eigenvalue weighted by molar-refractivity contribution is 6.35. The third kappa shape index (κ3) is 6.30. The molecule has 1 unspecified atom stereocenters. The van der Waals surface area contributed by atoms with Crippen LogP contribution in [0.2, 0.25) is 5.02 Å². The van der Waals surface area contributed by atoms with Gasteiger partial charge in [-0.15, -0.1) is 0 Å². The normalized spacial score (nSPS) is 10.9. The second-order valence-electron chi connectivity index (χ2n) is 5.65. The summed E-state index contributed by atoms with van der Waals surface area (Å²) in [5, 5.41) is 11.7. The zero-order valence-corrected chi connectivity index (χ0v) is 15.6. The van der Waals surface area contributed by atoms with Crippen molar-refractivity contribution in [1.82, 2.24) is 16.2 Å². The van der Waals surface area contributed by atoms with E-state index in [-0.39, 0.29) is 6.54 Å². The van der Waals surface area contributed by atoms with E-state index in [4.69, 9.17) is 21.6 Å². The van der Waals surface area contributed by atoms with E-state index in [0.29, 0.717) is 16.3 Å². The summed E-state index contributed by atoms with van der Waals surface area (Å²) in [6.07, 6.45) is -0.939. The van der Waals surface area contributed by atoms with Crippen LogP contribution >= 0.6 is 11.6 Å². The van der Waals surface area contributed by atoms with Crippen LogP contribution in [0, 0.1) is 11.3 Å². The first-order chi connectivity index (χ1) is 13.4. The lowest BCUT2D eigenvalue weighted by molar-refractivity contribution is -0.141. The van der Waals surface area contributed by atoms with Crippen molar-refractivity contribution < 1.29 is 19.1 Å². The first-order valence-corrected chi connectivity index (χ1v) is 8.56. The van der Waals surface area contributed by atoms with Gasteiger partial charge < -0.3 is 10.1 Å². The molecule has 0 radical (unpaired) electrons. The first kappa shape index (κ1) is 20.7. The van der Waals surface area contributed by atoms with Crippen molar-refractivity contribution >= 4 is 29.3 Å². The molecule has 2 rings (SSSR count). The maximum Gasteiger partial charge on any atom is 0.327 e. The fourth-order valence-electron chi connectivity index (χ4n) is 2.01. The van der Waals surface area contributed by atoms with E-state index >= 15 is 0 Å². The predicted molar refractivity (Wildman–Crippen MR) is 101 cm³/mol. The van der Waals surface area contributed by atoms with Gasteiger partial charge in [0, 0.05) is 11.6 Å². The van der Waals surface area contributed by atoms with E-state index in [1.165, 1.54) is 6.92 Å². The Morgan fingerprint density at radius 1 is 1.04 bits per heavy atom. The lowest BCUT2D eigenvalue weighted by Crippen LogP contribution is -2.51. The summed E-state index contributed by atoms with van der Waals surface area (Å²) >= 11 is 5.77. The van der Waals surface area contributed by atoms with E-state index in [0.717, 1.165) is 5.56 Å². The van der Waals surface area contributed by atoms with Gasteiger partial charge in [-0.2, -0.15) is 5.26 Å². The Kier molecular flexibility index (Phi) is 7.37. The molecule has 0 aliphatic rings. The zero-order valence-electron chi connectivity index (χ0n) is 14.9. The van der Waals surface area contributed by atoms with Crippen molar-refractivity contribution in [3.63, 3.8) is 0 Å². The fraction of sp³-hybridized carbons (Fsp3) is 0.158. The van der Waals surface area contributed by atoms with Gasteiger partial charge in [0.2, 0.25) is 0 Å². The van der Waals surface area contributed by atoms with Crippen LogP contribution in [0.25, 0.3) is 0 Å². The molecule has 0 saturated carbocycles. The van der Waals surface area contributed by atoms with Gasteiger partial charge in [0.05, 0.1) is 11.6 Å². The van der Waals surface area contributed by atoms with Crippen LogP contribution in [0.15, 0.2) is 48.5 Å². The molecule has 3 N–H and O–H groups in total. The van der Waals surface area contributed by atoms with E-state index in [2.05, 4.69) is 10.7 Å². The molecule has 144 valence electrons. The molecule has 2 aromatic carbocycles. The van der Waals surface area contributed by atoms with Gasteiger partial charge in [-0.3, -0.25) is 25.2 Å². The summed E-state index contributed by atoms with van der Waals surface area (Å²) < 4.78 is 5.40. The largest absolute Gasteiger partial charge is 0.481 e. The minimum absolute atomic E-state index is 0.134. The monoisotopic (exact) mass is 400 g/mol. The maximum absolute atomic E-state index is 12.0. The van der Waals surface area contributed by atoms with Crippen molar-refractivity contribution in [3.8, 4) is 11.8 Å². The Morgan fingerprint density at radius 3 is 2.29 bits per heavy atom. The Labute approximate surface area is 166 Å². The average Bonchev–Trinajstić information content (AvgIpc) is 2.71. The highest BCUT2D eigenvalue weighted by Crippen LogP contribution is 2.13. The standard InChI is InChI=1S/C19H17ClN4O4/c1-12(28-16-8-4-13(10-21)5-9-16)17(25)23-24-19(27)18(26)22-11-14-2-6-15(20)7-3-14/h2-9,12H,11H2,1H3,(H,22,26)(H,23,25)(H,24,27). The predicted octanol–water partition coefficient (Wildman–Crippen LogP) is 1.44. The number of carbonyl (C=O) groups is 3. The molecule has 0 saturated heterocycles. The minimum atomic E-state index is -1.02. The molecule has 0 spiro atoms. The number of nitriles is 1. The molecule has 3 amide bonds. The maximum atomic E-state index is 12.0. The van der Waals surface area contributed by atoms with Crippen molar-refractivity contribution in [2.75, 3.05) is 0 Å². The summed E-state index contributed by atoms with van der Waals surface area (Å²) in [6, 6.07) is 14.9. The van der Waals surface area contributed by atoms with E-state index < -0.39 is 23.8 Å². The zero-order chi connectivity index (χ0) is 20.5. The Morgan fingerprint density at radius 2 is 1.68 bits per heavy atom. The number of hydrazine groups is 1. The van der Waals surface area contributed by atoms with E-state index in [1.54, 1.807) is 48.5 Å². The number of benzene rings is 2. The number of hydrogen-bond donors (Lipinski definition) is 3. The molecule has 28 heavy (non-hydrogen) atoms. The Hall–Kier alpha value is -3.57. The van der Waals surface area contributed by atoms with Crippen LogP contribution in [0.3, 0.4) is 0 Å². The fourth-order valence-corrected chi connectivity index (χ4v) is 2.13. The highest BCUT2D eigenvalue weighted by Gasteiger charge is 2.18. The van der Waals surface area contributed by atoms with Crippen LogP contribution in [-0.2, 0) is 20.9 Å². The number of halogens is 1. The van der Waals surface area contributed by atoms with Gasteiger partial charge in [0.15, 0.2) is 6.10 Å². The summed E-state index contributed by atoms with van der Waals surface area (Å²) in [7, 11) is 0. The summed E-state index contributed by atoms with van der Waals surface area (Å²) in [4.78, 5) is 35.5. The first-order valence-electron chi connectivity index (χ1n) is 8.18.